The lowest BCUT2D eigenvalue weighted by Crippen LogP contribution is -2.28. The number of nitrogens with one attached hydrogen (secondary N) is 1. The molecule has 8 nitrogen and oxygen atoms in total. The minimum Gasteiger partial charge on any atom is -0.497 e. The van der Waals surface area contributed by atoms with Crippen LogP contribution in [0.2, 0.25) is 0 Å². The third-order valence-electron chi connectivity index (χ3n) is 4.82. The average molecular weight is 412 g/mol. The molecule has 0 bridgehead atoms. The van der Waals surface area contributed by atoms with Crippen molar-refractivity contribution in [2.75, 3.05) is 37.6 Å². The molecule has 0 unspecified atom stereocenters. The molecule has 0 spiro atoms. The highest BCUT2D eigenvalue weighted by Crippen LogP contribution is 2.36. The van der Waals surface area contributed by atoms with Gasteiger partial charge in [-0.05, 0) is 31.2 Å². The van der Waals surface area contributed by atoms with Gasteiger partial charge in [0.05, 0.1) is 25.8 Å². The van der Waals surface area contributed by atoms with Gasteiger partial charge >= 0.3 is 5.97 Å². The summed E-state index contributed by atoms with van der Waals surface area (Å²) in [6.45, 7) is 1.67. The Bertz CT molecular complexity index is 941. The lowest BCUT2D eigenvalue weighted by molar-refractivity contribution is -0.151. The van der Waals surface area contributed by atoms with Gasteiger partial charge in [0.25, 0.3) is 5.91 Å². The molecule has 2 aromatic carbocycles. The van der Waals surface area contributed by atoms with E-state index in [2.05, 4.69) is 5.32 Å². The summed E-state index contributed by atoms with van der Waals surface area (Å²) in [6.07, 6.45) is -0.00121. The van der Waals surface area contributed by atoms with Crippen LogP contribution >= 0.6 is 0 Å². The zero-order chi connectivity index (χ0) is 21.7. The highest BCUT2D eigenvalue weighted by Gasteiger charge is 2.37. The minimum absolute atomic E-state index is 0.00121. The molecular weight excluding hydrogens is 388 g/mol. The molecule has 0 aromatic heterocycles. The first-order chi connectivity index (χ1) is 14.4. The van der Waals surface area contributed by atoms with Crippen LogP contribution in [0.5, 0.6) is 11.5 Å². The number of carbonyl (C=O) groups excluding carboxylic acids is 3. The third kappa shape index (κ3) is 4.89. The predicted molar refractivity (Wildman–Crippen MR) is 111 cm³/mol. The molecule has 158 valence electrons. The number of hydrogen-bond donors (Lipinski definition) is 1. The first kappa shape index (κ1) is 21.2. The van der Waals surface area contributed by atoms with Crippen LogP contribution in [-0.2, 0) is 19.1 Å². The fraction of sp³-hybridized carbons (Fsp3) is 0.318. The number of nitrogens with zero attached hydrogens (tertiary/aromatic N) is 1. The third-order valence-corrected chi connectivity index (χ3v) is 4.82. The highest BCUT2D eigenvalue weighted by molar-refractivity contribution is 6.01. The van der Waals surface area contributed by atoms with Crippen LogP contribution in [0.1, 0.15) is 12.0 Å². The van der Waals surface area contributed by atoms with Gasteiger partial charge in [-0.1, -0.05) is 17.7 Å². The van der Waals surface area contributed by atoms with E-state index in [4.69, 9.17) is 14.2 Å². The van der Waals surface area contributed by atoms with Gasteiger partial charge in [-0.25, -0.2) is 0 Å². The number of amides is 2. The van der Waals surface area contributed by atoms with E-state index in [-0.39, 0.29) is 18.9 Å². The Morgan fingerprint density at radius 3 is 2.50 bits per heavy atom. The number of carbonyl (C=O) groups is 3. The van der Waals surface area contributed by atoms with E-state index in [1.54, 1.807) is 30.3 Å². The molecule has 0 saturated carbocycles. The Hall–Kier alpha value is -3.55. The number of hydrogen-bond acceptors (Lipinski definition) is 6. The van der Waals surface area contributed by atoms with Gasteiger partial charge in [-0.15, -0.1) is 0 Å². The van der Waals surface area contributed by atoms with Crippen molar-refractivity contribution in [2.45, 2.75) is 13.3 Å². The van der Waals surface area contributed by atoms with Gasteiger partial charge in [0.15, 0.2) is 6.61 Å². The normalized spacial score (nSPS) is 15.6. The zero-order valence-corrected chi connectivity index (χ0v) is 17.1. The van der Waals surface area contributed by atoms with Gasteiger partial charge in [0.1, 0.15) is 11.5 Å². The Labute approximate surface area is 174 Å². The van der Waals surface area contributed by atoms with Crippen LogP contribution < -0.4 is 19.7 Å². The maximum absolute atomic E-state index is 12.5. The number of aryl methyl sites for hydroxylation is 1. The van der Waals surface area contributed by atoms with E-state index in [1.165, 1.54) is 19.1 Å². The maximum atomic E-state index is 12.5. The molecule has 1 saturated heterocycles. The summed E-state index contributed by atoms with van der Waals surface area (Å²) in [5, 5.41) is 2.66. The van der Waals surface area contributed by atoms with Crippen molar-refractivity contribution in [3.8, 4) is 11.5 Å². The molecule has 8 heteroatoms. The quantitative estimate of drug-likeness (QED) is 0.703. The van der Waals surface area contributed by atoms with Crippen molar-refractivity contribution >= 4 is 29.2 Å². The second-order valence-corrected chi connectivity index (χ2v) is 6.97. The van der Waals surface area contributed by atoms with Gasteiger partial charge in [0.2, 0.25) is 5.91 Å². The summed E-state index contributed by atoms with van der Waals surface area (Å²) in [6, 6.07) is 12.4. The van der Waals surface area contributed by atoms with Crippen molar-refractivity contribution in [3.63, 3.8) is 0 Å². The van der Waals surface area contributed by atoms with Crippen molar-refractivity contribution in [2.24, 2.45) is 5.92 Å². The lowest BCUT2D eigenvalue weighted by atomic mass is 10.1. The van der Waals surface area contributed by atoms with Crippen LogP contribution in [-0.4, -0.2) is 45.2 Å². The van der Waals surface area contributed by atoms with Crippen LogP contribution in [0.4, 0.5) is 11.4 Å². The molecule has 2 aromatic rings. The Morgan fingerprint density at radius 2 is 1.83 bits per heavy atom. The Balaban J connectivity index is 1.58. The van der Waals surface area contributed by atoms with Crippen molar-refractivity contribution in [3.05, 3.63) is 48.0 Å². The summed E-state index contributed by atoms with van der Waals surface area (Å²) in [5.41, 5.74) is 2.21. The highest BCUT2D eigenvalue weighted by atomic mass is 16.5. The predicted octanol–water partition coefficient (Wildman–Crippen LogP) is 2.55. The van der Waals surface area contributed by atoms with E-state index in [9.17, 15) is 14.4 Å². The van der Waals surface area contributed by atoms with E-state index >= 15 is 0 Å². The number of rotatable bonds is 7. The van der Waals surface area contributed by atoms with Crippen LogP contribution in [0.3, 0.4) is 0 Å². The topological polar surface area (TPSA) is 94.2 Å². The summed E-state index contributed by atoms with van der Waals surface area (Å²) in [7, 11) is 3.03. The molecule has 1 heterocycles. The van der Waals surface area contributed by atoms with E-state index in [1.807, 2.05) is 19.1 Å². The Morgan fingerprint density at radius 1 is 1.10 bits per heavy atom. The zero-order valence-electron chi connectivity index (χ0n) is 17.1. The largest absolute Gasteiger partial charge is 0.497 e. The number of anilines is 2. The standard InChI is InChI=1S/C22H24N2O6/c1-14-4-6-16(7-5-14)23-20(25)13-30-22(27)15-10-21(26)24(12-15)18-11-17(28-2)8-9-19(18)29-3/h4-9,11,15H,10,12-13H2,1-3H3,(H,23,25)/t15-/m1/s1. The number of benzene rings is 2. The number of esters is 1. The summed E-state index contributed by atoms with van der Waals surface area (Å²) in [5.74, 6) is -0.865. The van der Waals surface area contributed by atoms with Crippen molar-refractivity contribution < 1.29 is 28.6 Å². The summed E-state index contributed by atoms with van der Waals surface area (Å²) < 4.78 is 15.7. The van der Waals surface area contributed by atoms with Crippen LogP contribution in [0, 0.1) is 12.8 Å². The molecule has 0 aliphatic carbocycles. The summed E-state index contributed by atoms with van der Waals surface area (Å²) >= 11 is 0. The monoisotopic (exact) mass is 412 g/mol. The number of methoxy groups -OCH3 is 2. The van der Waals surface area contributed by atoms with E-state index in [0.29, 0.717) is 22.9 Å². The minimum atomic E-state index is -0.666. The molecule has 30 heavy (non-hydrogen) atoms. The molecule has 1 atom stereocenters. The van der Waals surface area contributed by atoms with E-state index in [0.717, 1.165) is 5.56 Å². The molecule has 3 rings (SSSR count). The van der Waals surface area contributed by atoms with Gasteiger partial charge < -0.3 is 24.4 Å². The summed E-state index contributed by atoms with van der Waals surface area (Å²) in [4.78, 5) is 38.4. The smallest absolute Gasteiger partial charge is 0.311 e. The molecular formula is C22H24N2O6. The van der Waals surface area contributed by atoms with Crippen LogP contribution in [0.15, 0.2) is 42.5 Å². The molecule has 1 N–H and O–H groups in total. The maximum Gasteiger partial charge on any atom is 0.311 e. The second-order valence-electron chi connectivity index (χ2n) is 6.97. The molecule has 2 amide bonds. The first-order valence-electron chi connectivity index (χ1n) is 9.47. The fourth-order valence-corrected chi connectivity index (χ4v) is 3.19. The van der Waals surface area contributed by atoms with Gasteiger partial charge in [-0.2, -0.15) is 0 Å². The lowest BCUT2D eigenvalue weighted by Gasteiger charge is -2.20. The van der Waals surface area contributed by atoms with E-state index < -0.39 is 24.4 Å². The molecule has 0 radical (unpaired) electrons. The molecule has 1 aliphatic rings. The first-order valence-corrected chi connectivity index (χ1v) is 9.47. The van der Waals surface area contributed by atoms with Gasteiger partial charge in [-0.3, -0.25) is 14.4 Å². The molecule has 1 aliphatic heterocycles. The SMILES string of the molecule is COc1ccc(OC)c(N2C[C@H](C(=O)OCC(=O)Nc3ccc(C)cc3)CC2=O)c1. The van der Waals surface area contributed by atoms with Crippen molar-refractivity contribution in [1.29, 1.82) is 0 Å². The van der Waals surface area contributed by atoms with Crippen LogP contribution in [0.25, 0.3) is 0 Å². The fourth-order valence-electron chi connectivity index (χ4n) is 3.19. The second kappa shape index (κ2) is 9.30. The van der Waals surface area contributed by atoms with Gasteiger partial charge in [0, 0.05) is 24.7 Å². The number of ether oxygens (including phenoxy) is 3. The average Bonchev–Trinajstić information content (AvgIpc) is 3.14. The van der Waals surface area contributed by atoms with Crippen molar-refractivity contribution in [1.82, 2.24) is 0 Å². The molecule has 1 fully saturated rings. The Kier molecular flexibility index (Phi) is 6.56.